The zero-order valence-corrected chi connectivity index (χ0v) is 15.7. The monoisotopic (exact) mass is 348 g/mol. The standard InChI is InChI=1S/C22H24N2O2/c1-5-19(22(26)24-4)14(2)20-10-17(12-23)11-21(15(20)3)18-8-6-16(13-25)7-9-18/h6-11,25H,5,13H2,1-4H3,(H,24,26)/b19-14+. The maximum Gasteiger partial charge on any atom is 0.247 e. The van der Waals surface area contributed by atoms with Crippen LogP contribution in [0.3, 0.4) is 0 Å². The molecule has 0 aromatic heterocycles. The third-order valence-electron chi connectivity index (χ3n) is 4.70. The molecule has 2 N–H and O–H groups in total. The van der Waals surface area contributed by atoms with Gasteiger partial charge in [0, 0.05) is 12.6 Å². The number of hydrogen-bond acceptors (Lipinski definition) is 3. The molecule has 0 fully saturated rings. The molecule has 0 heterocycles. The molecule has 134 valence electrons. The summed E-state index contributed by atoms with van der Waals surface area (Å²) in [4.78, 5) is 12.2. The lowest BCUT2D eigenvalue weighted by molar-refractivity contribution is -0.117. The molecule has 2 aromatic rings. The van der Waals surface area contributed by atoms with Gasteiger partial charge in [-0.2, -0.15) is 5.26 Å². The van der Waals surface area contributed by atoms with E-state index in [2.05, 4.69) is 11.4 Å². The Hall–Kier alpha value is -2.90. The summed E-state index contributed by atoms with van der Waals surface area (Å²) in [7, 11) is 1.62. The van der Waals surface area contributed by atoms with E-state index in [1.54, 1.807) is 7.05 Å². The van der Waals surface area contributed by atoms with Crippen LogP contribution in [0.2, 0.25) is 0 Å². The second kappa shape index (κ2) is 8.46. The number of nitrogens with zero attached hydrogens (tertiary/aromatic N) is 1. The summed E-state index contributed by atoms with van der Waals surface area (Å²) in [6, 6.07) is 13.6. The summed E-state index contributed by atoms with van der Waals surface area (Å²) in [5.41, 5.74) is 6.85. The Kier molecular flexibility index (Phi) is 6.32. The molecule has 0 unspecified atom stereocenters. The van der Waals surface area contributed by atoms with E-state index in [1.807, 2.05) is 57.2 Å². The van der Waals surface area contributed by atoms with Crippen LogP contribution < -0.4 is 5.32 Å². The average Bonchev–Trinajstić information content (AvgIpc) is 2.68. The fourth-order valence-electron chi connectivity index (χ4n) is 3.17. The Morgan fingerprint density at radius 3 is 2.38 bits per heavy atom. The predicted molar refractivity (Wildman–Crippen MR) is 104 cm³/mol. The lowest BCUT2D eigenvalue weighted by Gasteiger charge is -2.16. The molecular weight excluding hydrogens is 324 g/mol. The zero-order valence-electron chi connectivity index (χ0n) is 15.7. The molecule has 26 heavy (non-hydrogen) atoms. The number of hydrogen-bond donors (Lipinski definition) is 2. The summed E-state index contributed by atoms with van der Waals surface area (Å²) < 4.78 is 0. The van der Waals surface area contributed by atoms with Gasteiger partial charge in [-0.15, -0.1) is 0 Å². The van der Waals surface area contributed by atoms with E-state index in [0.29, 0.717) is 17.6 Å². The largest absolute Gasteiger partial charge is 0.392 e. The first-order valence-electron chi connectivity index (χ1n) is 8.63. The minimum atomic E-state index is -0.0967. The van der Waals surface area contributed by atoms with Gasteiger partial charge < -0.3 is 10.4 Å². The van der Waals surface area contributed by atoms with E-state index >= 15 is 0 Å². The Balaban J connectivity index is 2.70. The first kappa shape index (κ1) is 19.4. The van der Waals surface area contributed by atoms with Crippen LogP contribution in [-0.4, -0.2) is 18.1 Å². The second-order valence-corrected chi connectivity index (χ2v) is 6.20. The van der Waals surface area contributed by atoms with Crippen LogP contribution in [0.15, 0.2) is 42.0 Å². The smallest absolute Gasteiger partial charge is 0.247 e. The Morgan fingerprint density at radius 2 is 1.88 bits per heavy atom. The summed E-state index contributed by atoms with van der Waals surface area (Å²) in [5, 5.41) is 21.4. The van der Waals surface area contributed by atoms with Crippen molar-refractivity contribution in [1.29, 1.82) is 5.26 Å². The van der Waals surface area contributed by atoms with Gasteiger partial charge in [0.1, 0.15) is 0 Å². The van der Waals surface area contributed by atoms with Gasteiger partial charge >= 0.3 is 0 Å². The highest BCUT2D eigenvalue weighted by molar-refractivity contribution is 6.01. The normalized spacial score (nSPS) is 11.5. The second-order valence-electron chi connectivity index (χ2n) is 6.20. The van der Waals surface area contributed by atoms with Crippen LogP contribution >= 0.6 is 0 Å². The van der Waals surface area contributed by atoms with Crippen molar-refractivity contribution in [2.45, 2.75) is 33.8 Å². The number of likely N-dealkylation sites (N-methyl/N-ethyl adjacent to an activating group) is 1. The van der Waals surface area contributed by atoms with Gasteiger partial charge in [-0.3, -0.25) is 4.79 Å². The molecule has 0 aliphatic carbocycles. The quantitative estimate of drug-likeness (QED) is 0.804. The van der Waals surface area contributed by atoms with Crippen LogP contribution in [0.1, 0.15) is 42.5 Å². The van der Waals surface area contributed by atoms with E-state index in [0.717, 1.165) is 33.4 Å². The van der Waals surface area contributed by atoms with Crippen LogP contribution in [0, 0.1) is 18.3 Å². The number of aliphatic hydroxyl groups excluding tert-OH is 1. The molecule has 2 aromatic carbocycles. The minimum absolute atomic E-state index is 0.00339. The fraction of sp³-hybridized carbons (Fsp3) is 0.273. The average molecular weight is 348 g/mol. The summed E-state index contributed by atoms with van der Waals surface area (Å²) in [6.07, 6.45) is 0.613. The van der Waals surface area contributed by atoms with Gasteiger partial charge in [-0.1, -0.05) is 31.2 Å². The lowest BCUT2D eigenvalue weighted by atomic mass is 9.88. The summed E-state index contributed by atoms with van der Waals surface area (Å²) >= 11 is 0. The van der Waals surface area contributed by atoms with Crippen molar-refractivity contribution in [3.8, 4) is 17.2 Å². The van der Waals surface area contributed by atoms with E-state index in [9.17, 15) is 15.2 Å². The van der Waals surface area contributed by atoms with Crippen molar-refractivity contribution < 1.29 is 9.90 Å². The number of rotatable bonds is 5. The maximum atomic E-state index is 12.2. The first-order valence-corrected chi connectivity index (χ1v) is 8.63. The Labute approximate surface area is 154 Å². The number of aliphatic hydroxyl groups is 1. The minimum Gasteiger partial charge on any atom is -0.392 e. The van der Waals surface area contributed by atoms with Crippen molar-refractivity contribution in [3.63, 3.8) is 0 Å². The van der Waals surface area contributed by atoms with Gasteiger partial charge in [0.2, 0.25) is 5.91 Å². The Morgan fingerprint density at radius 1 is 1.23 bits per heavy atom. The SMILES string of the molecule is CC/C(C(=O)NC)=C(/C)c1cc(C#N)cc(-c2ccc(CO)cc2)c1C. The molecule has 4 heteroatoms. The number of allylic oxidation sites excluding steroid dienone is 1. The van der Waals surface area contributed by atoms with E-state index in [-0.39, 0.29) is 12.5 Å². The van der Waals surface area contributed by atoms with Gasteiger partial charge in [0.05, 0.1) is 18.2 Å². The van der Waals surface area contributed by atoms with Crippen LogP contribution in [0.5, 0.6) is 0 Å². The van der Waals surface area contributed by atoms with Crippen molar-refractivity contribution in [2.75, 3.05) is 7.05 Å². The lowest BCUT2D eigenvalue weighted by Crippen LogP contribution is -2.20. The molecule has 0 atom stereocenters. The number of carbonyl (C=O) groups excluding carboxylic acids is 1. The van der Waals surface area contributed by atoms with Crippen LogP contribution in [0.4, 0.5) is 0 Å². The first-order chi connectivity index (χ1) is 12.5. The molecule has 2 rings (SSSR count). The summed E-state index contributed by atoms with van der Waals surface area (Å²) in [5.74, 6) is -0.0967. The molecule has 0 bridgehead atoms. The van der Waals surface area contributed by atoms with Crippen molar-refractivity contribution >= 4 is 11.5 Å². The number of carbonyl (C=O) groups is 1. The van der Waals surface area contributed by atoms with E-state index in [1.165, 1.54) is 0 Å². The highest BCUT2D eigenvalue weighted by Gasteiger charge is 2.16. The van der Waals surface area contributed by atoms with Gasteiger partial charge in [0.15, 0.2) is 0 Å². The van der Waals surface area contributed by atoms with Gasteiger partial charge in [-0.05, 0) is 65.8 Å². The highest BCUT2D eigenvalue weighted by atomic mass is 16.3. The van der Waals surface area contributed by atoms with Gasteiger partial charge in [0.25, 0.3) is 0 Å². The van der Waals surface area contributed by atoms with Crippen molar-refractivity contribution in [2.24, 2.45) is 0 Å². The number of nitriles is 1. The summed E-state index contributed by atoms with van der Waals surface area (Å²) in [6.45, 7) is 5.88. The van der Waals surface area contributed by atoms with E-state index in [4.69, 9.17) is 0 Å². The molecule has 4 nitrogen and oxygen atoms in total. The zero-order chi connectivity index (χ0) is 19.3. The number of benzene rings is 2. The third kappa shape index (κ3) is 3.84. The van der Waals surface area contributed by atoms with Crippen LogP contribution in [-0.2, 0) is 11.4 Å². The highest BCUT2D eigenvalue weighted by Crippen LogP contribution is 2.33. The number of amides is 1. The molecular formula is C22H24N2O2. The number of nitrogens with one attached hydrogen (secondary N) is 1. The predicted octanol–water partition coefficient (Wildman–Crippen LogP) is 3.96. The van der Waals surface area contributed by atoms with Crippen LogP contribution in [0.25, 0.3) is 16.7 Å². The topological polar surface area (TPSA) is 73.1 Å². The molecule has 0 saturated heterocycles. The van der Waals surface area contributed by atoms with Crippen molar-refractivity contribution in [3.05, 3.63) is 64.2 Å². The molecule has 0 aliphatic rings. The molecule has 1 amide bonds. The maximum absolute atomic E-state index is 12.2. The fourth-order valence-corrected chi connectivity index (χ4v) is 3.17. The molecule has 0 saturated carbocycles. The van der Waals surface area contributed by atoms with Gasteiger partial charge in [-0.25, -0.2) is 0 Å². The van der Waals surface area contributed by atoms with Crippen molar-refractivity contribution in [1.82, 2.24) is 5.32 Å². The van der Waals surface area contributed by atoms with E-state index < -0.39 is 0 Å². The molecule has 0 spiro atoms. The third-order valence-corrected chi connectivity index (χ3v) is 4.70. The molecule has 0 radical (unpaired) electrons. The Bertz CT molecular complexity index is 888. The molecule has 0 aliphatic heterocycles.